The van der Waals surface area contributed by atoms with Crippen molar-refractivity contribution in [3.8, 4) is 0 Å². The Balaban J connectivity index is 1.40. The number of hydrogen-bond acceptors (Lipinski definition) is 3. The predicted octanol–water partition coefficient (Wildman–Crippen LogP) is 3.90. The van der Waals surface area contributed by atoms with Crippen LogP contribution in [0.15, 0.2) is 90.0 Å². The average molecular weight is 405 g/mol. The zero-order valence-electron chi connectivity index (χ0n) is 15.4. The summed E-state index contributed by atoms with van der Waals surface area (Å²) >= 11 is 0. The van der Waals surface area contributed by atoms with Crippen LogP contribution in [0.25, 0.3) is 10.9 Å². The van der Waals surface area contributed by atoms with Crippen LogP contribution in [0.3, 0.4) is 0 Å². The van der Waals surface area contributed by atoms with Crippen LogP contribution < -0.4 is 10.0 Å². The van der Waals surface area contributed by atoms with Gasteiger partial charge in [-0.15, -0.1) is 0 Å². The fourth-order valence-electron chi connectivity index (χ4n) is 2.97. The number of carbonyl (C=O) groups is 1. The second kappa shape index (κ2) is 7.90. The summed E-state index contributed by atoms with van der Waals surface area (Å²) in [5.74, 6) is -0.226. The highest BCUT2D eigenvalue weighted by Gasteiger charge is 2.13. The molecule has 0 bridgehead atoms. The zero-order chi connectivity index (χ0) is 20.3. The van der Waals surface area contributed by atoms with Crippen molar-refractivity contribution in [2.24, 2.45) is 0 Å². The van der Waals surface area contributed by atoms with Crippen molar-refractivity contribution in [2.45, 2.75) is 11.4 Å². The minimum atomic E-state index is -3.57. The standard InChI is InChI=1S/C22H19N3O3S/c26-22(25-19-10-11-21-18(14-19)12-13-23-21)17-8-6-16(7-9-17)15-24-29(27,28)20-4-2-1-3-5-20/h1-14,23-24H,15H2,(H,25,26). The molecule has 3 aromatic carbocycles. The second-order valence-electron chi connectivity index (χ2n) is 6.57. The Labute approximate surface area is 168 Å². The van der Waals surface area contributed by atoms with Gasteiger partial charge in [-0.3, -0.25) is 4.79 Å². The number of H-pyrrole nitrogens is 1. The Morgan fingerprint density at radius 2 is 1.66 bits per heavy atom. The molecule has 0 saturated heterocycles. The third kappa shape index (κ3) is 4.37. The maximum atomic E-state index is 12.5. The highest BCUT2D eigenvalue weighted by Crippen LogP contribution is 2.18. The third-order valence-corrected chi connectivity index (χ3v) is 5.96. The molecule has 146 valence electrons. The minimum Gasteiger partial charge on any atom is -0.361 e. The van der Waals surface area contributed by atoms with Gasteiger partial charge in [-0.25, -0.2) is 13.1 Å². The molecular weight excluding hydrogens is 386 g/mol. The predicted molar refractivity (Wildman–Crippen MR) is 113 cm³/mol. The molecule has 0 saturated carbocycles. The lowest BCUT2D eigenvalue weighted by atomic mass is 10.1. The summed E-state index contributed by atoms with van der Waals surface area (Å²) in [4.78, 5) is 15.8. The number of aromatic amines is 1. The summed E-state index contributed by atoms with van der Waals surface area (Å²) in [6.45, 7) is 0.142. The molecule has 0 radical (unpaired) electrons. The smallest absolute Gasteiger partial charge is 0.255 e. The van der Waals surface area contributed by atoms with Gasteiger partial charge in [0.1, 0.15) is 0 Å². The first kappa shape index (κ1) is 18.9. The van der Waals surface area contributed by atoms with Crippen LogP contribution in [0.5, 0.6) is 0 Å². The lowest BCUT2D eigenvalue weighted by Gasteiger charge is -2.08. The number of benzene rings is 3. The van der Waals surface area contributed by atoms with Crippen LogP contribution in [0.1, 0.15) is 15.9 Å². The summed E-state index contributed by atoms with van der Waals surface area (Å²) in [5.41, 5.74) is 2.97. The molecule has 0 aliphatic heterocycles. The Kier molecular flexibility index (Phi) is 5.16. The van der Waals surface area contributed by atoms with Crippen molar-refractivity contribution in [1.82, 2.24) is 9.71 Å². The van der Waals surface area contributed by atoms with Gasteiger partial charge in [-0.05, 0) is 54.1 Å². The average Bonchev–Trinajstić information content (AvgIpc) is 3.21. The quantitative estimate of drug-likeness (QED) is 0.454. The molecule has 6 nitrogen and oxygen atoms in total. The van der Waals surface area contributed by atoms with Gasteiger partial charge < -0.3 is 10.3 Å². The number of hydrogen-bond donors (Lipinski definition) is 3. The van der Waals surface area contributed by atoms with E-state index >= 15 is 0 Å². The summed E-state index contributed by atoms with van der Waals surface area (Å²) < 4.78 is 27.1. The van der Waals surface area contributed by atoms with E-state index in [4.69, 9.17) is 0 Å². The van der Waals surface area contributed by atoms with Crippen LogP contribution in [-0.2, 0) is 16.6 Å². The molecule has 0 fully saturated rings. The molecule has 1 aromatic heterocycles. The minimum absolute atomic E-state index is 0.142. The molecule has 0 spiro atoms. The number of aromatic nitrogens is 1. The first-order valence-corrected chi connectivity index (χ1v) is 10.5. The summed E-state index contributed by atoms with van der Waals surface area (Å²) in [7, 11) is -3.57. The molecule has 0 aliphatic carbocycles. The molecule has 29 heavy (non-hydrogen) atoms. The second-order valence-corrected chi connectivity index (χ2v) is 8.34. The maximum absolute atomic E-state index is 12.5. The van der Waals surface area contributed by atoms with E-state index in [9.17, 15) is 13.2 Å². The van der Waals surface area contributed by atoms with Gasteiger partial charge in [-0.2, -0.15) is 0 Å². The normalized spacial score (nSPS) is 11.4. The molecule has 0 atom stereocenters. The number of carbonyl (C=O) groups excluding carboxylic acids is 1. The fraction of sp³-hybridized carbons (Fsp3) is 0.0455. The van der Waals surface area contributed by atoms with Gasteiger partial charge in [0.05, 0.1) is 4.90 Å². The van der Waals surface area contributed by atoms with E-state index in [1.807, 2.05) is 30.5 Å². The molecular formula is C22H19N3O3S. The van der Waals surface area contributed by atoms with Crippen molar-refractivity contribution in [3.05, 3.63) is 96.2 Å². The lowest BCUT2D eigenvalue weighted by molar-refractivity contribution is 0.102. The van der Waals surface area contributed by atoms with Gasteiger partial charge in [0.15, 0.2) is 0 Å². The van der Waals surface area contributed by atoms with Gasteiger partial charge in [-0.1, -0.05) is 30.3 Å². The molecule has 0 aliphatic rings. The van der Waals surface area contributed by atoms with E-state index in [0.29, 0.717) is 11.3 Å². The van der Waals surface area contributed by atoms with Crippen molar-refractivity contribution in [3.63, 3.8) is 0 Å². The third-order valence-electron chi connectivity index (χ3n) is 4.55. The largest absolute Gasteiger partial charge is 0.361 e. The summed E-state index contributed by atoms with van der Waals surface area (Å²) in [5, 5.41) is 3.89. The summed E-state index contributed by atoms with van der Waals surface area (Å²) in [6.07, 6.45) is 1.85. The number of nitrogens with one attached hydrogen (secondary N) is 3. The van der Waals surface area contributed by atoms with Crippen LogP contribution >= 0.6 is 0 Å². The van der Waals surface area contributed by atoms with Gasteiger partial charge >= 0.3 is 0 Å². The van der Waals surface area contributed by atoms with Crippen LogP contribution in [-0.4, -0.2) is 19.3 Å². The molecule has 7 heteroatoms. The van der Waals surface area contributed by atoms with Gasteiger partial charge in [0, 0.05) is 34.9 Å². The van der Waals surface area contributed by atoms with E-state index in [0.717, 1.165) is 16.5 Å². The fourth-order valence-corrected chi connectivity index (χ4v) is 4.01. The van der Waals surface area contributed by atoms with E-state index in [2.05, 4.69) is 15.0 Å². The number of amides is 1. The van der Waals surface area contributed by atoms with Gasteiger partial charge in [0.25, 0.3) is 5.91 Å². The maximum Gasteiger partial charge on any atom is 0.255 e. The van der Waals surface area contributed by atoms with Crippen molar-refractivity contribution >= 4 is 32.5 Å². The zero-order valence-corrected chi connectivity index (χ0v) is 16.2. The van der Waals surface area contributed by atoms with E-state index < -0.39 is 10.0 Å². The molecule has 4 rings (SSSR count). The van der Waals surface area contributed by atoms with Crippen molar-refractivity contribution < 1.29 is 13.2 Å². The first-order valence-electron chi connectivity index (χ1n) is 9.03. The number of fused-ring (bicyclic) bond motifs is 1. The Bertz CT molecular complexity index is 1250. The van der Waals surface area contributed by atoms with Crippen LogP contribution in [0.4, 0.5) is 5.69 Å². The Morgan fingerprint density at radius 1 is 0.897 bits per heavy atom. The Morgan fingerprint density at radius 3 is 2.41 bits per heavy atom. The highest BCUT2D eigenvalue weighted by molar-refractivity contribution is 7.89. The monoisotopic (exact) mass is 405 g/mol. The van der Waals surface area contributed by atoms with Gasteiger partial charge in [0.2, 0.25) is 10.0 Å². The molecule has 4 aromatic rings. The first-order chi connectivity index (χ1) is 14.0. The van der Waals surface area contributed by atoms with E-state index in [1.165, 1.54) is 0 Å². The SMILES string of the molecule is O=C(Nc1ccc2[nH]ccc2c1)c1ccc(CNS(=O)(=O)c2ccccc2)cc1. The van der Waals surface area contributed by atoms with Crippen molar-refractivity contribution in [2.75, 3.05) is 5.32 Å². The number of rotatable bonds is 6. The number of anilines is 1. The topological polar surface area (TPSA) is 91.1 Å². The molecule has 0 unspecified atom stereocenters. The van der Waals surface area contributed by atoms with E-state index in [-0.39, 0.29) is 17.3 Å². The van der Waals surface area contributed by atoms with Crippen LogP contribution in [0.2, 0.25) is 0 Å². The van der Waals surface area contributed by atoms with Crippen molar-refractivity contribution in [1.29, 1.82) is 0 Å². The summed E-state index contributed by atoms with van der Waals surface area (Å²) in [6, 6.07) is 22.6. The molecule has 1 amide bonds. The van der Waals surface area contributed by atoms with Crippen LogP contribution in [0, 0.1) is 0 Å². The molecule has 1 heterocycles. The molecule has 3 N–H and O–H groups in total. The lowest BCUT2D eigenvalue weighted by Crippen LogP contribution is -2.23. The van der Waals surface area contributed by atoms with E-state index in [1.54, 1.807) is 54.6 Å². The number of sulfonamides is 1. The Hall–Kier alpha value is -3.42. The highest BCUT2D eigenvalue weighted by atomic mass is 32.2.